The van der Waals surface area contributed by atoms with Crippen molar-refractivity contribution in [2.24, 2.45) is 9.98 Å². The molecule has 4 aromatic rings. The Morgan fingerprint density at radius 2 is 1.52 bits per heavy atom. The summed E-state index contributed by atoms with van der Waals surface area (Å²) in [5.41, 5.74) is 3.09. The lowest BCUT2D eigenvalue weighted by Gasteiger charge is -2.30. The number of aliphatic imine (C=N–C) groups is 2. The van der Waals surface area contributed by atoms with Gasteiger partial charge in [0.05, 0.1) is 22.7 Å². The molecule has 0 bridgehead atoms. The summed E-state index contributed by atoms with van der Waals surface area (Å²) in [6.45, 7) is 1.73. The first kappa shape index (κ1) is 28.7. The van der Waals surface area contributed by atoms with E-state index in [1.807, 2.05) is 60.7 Å². The summed E-state index contributed by atoms with van der Waals surface area (Å²) in [4.78, 5) is 22.4. The van der Waals surface area contributed by atoms with Gasteiger partial charge in [-0.05, 0) is 29.3 Å². The summed E-state index contributed by atoms with van der Waals surface area (Å²) in [6.07, 6.45) is -2.45. The lowest BCUT2D eigenvalue weighted by atomic mass is 9.94. The first-order chi connectivity index (χ1) is 21.2. The zero-order valence-electron chi connectivity index (χ0n) is 23.6. The van der Waals surface area contributed by atoms with E-state index >= 15 is 0 Å². The molecular weight excluding hydrogens is 565 g/mol. The summed E-state index contributed by atoms with van der Waals surface area (Å²) in [5, 5.41) is 14.2. The van der Waals surface area contributed by atoms with E-state index in [1.165, 1.54) is 11.0 Å². The van der Waals surface area contributed by atoms with Gasteiger partial charge in [0.25, 0.3) is 5.88 Å². The topological polar surface area (TPSA) is 77.3 Å². The molecule has 2 aliphatic rings. The summed E-state index contributed by atoms with van der Waals surface area (Å²) in [5.74, 6) is -0.814. The molecule has 0 fully saturated rings. The number of amides is 1. The number of nitrogens with zero attached hydrogens (tertiary/aromatic N) is 3. The van der Waals surface area contributed by atoms with Gasteiger partial charge in [-0.1, -0.05) is 91.9 Å². The molecule has 2 heterocycles. The van der Waals surface area contributed by atoms with E-state index in [2.05, 4.69) is 10.3 Å². The molecule has 0 spiro atoms. The van der Waals surface area contributed by atoms with Crippen LogP contribution in [0.1, 0.15) is 41.2 Å². The second kappa shape index (κ2) is 11.7. The Balaban J connectivity index is 1.57. The lowest BCUT2D eigenvalue weighted by Crippen LogP contribution is -2.27. The van der Waals surface area contributed by atoms with Gasteiger partial charge in [-0.3, -0.25) is 9.69 Å². The highest BCUT2D eigenvalue weighted by Crippen LogP contribution is 2.44. The van der Waals surface area contributed by atoms with E-state index in [-0.39, 0.29) is 28.7 Å². The monoisotopic (exact) mass is 592 g/mol. The lowest BCUT2D eigenvalue weighted by molar-refractivity contribution is -0.137. The fourth-order valence-electron chi connectivity index (χ4n) is 5.24. The summed E-state index contributed by atoms with van der Waals surface area (Å²) < 4.78 is 43.9. The second-order valence-electron chi connectivity index (χ2n) is 10.3. The molecule has 0 unspecified atom stereocenters. The van der Waals surface area contributed by atoms with Crippen molar-refractivity contribution in [2.45, 2.75) is 25.9 Å². The predicted molar refractivity (Wildman–Crippen MR) is 167 cm³/mol. The first-order valence-corrected chi connectivity index (χ1v) is 14.0. The van der Waals surface area contributed by atoms with Gasteiger partial charge in [-0.2, -0.15) is 13.2 Å². The Hall–Kier alpha value is -5.44. The quantitative estimate of drug-likeness (QED) is 0.237. The molecule has 0 atom stereocenters. The molecule has 2 aliphatic heterocycles. The van der Waals surface area contributed by atoms with Crippen molar-refractivity contribution in [2.75, 3.05) is 10.2 Å². The van der Waals surface area contributed by atoms with Crippen molar-refractivity contribution in [3.8, 4) is 0 Å². The summed E-state index contributed by atoms with van der Waals surface area (Å²) in [6, 6.07) is 29.4. The minimum absolute atomic E-state index is 0.115. The highest BCUT2D eigenvalue weighted by molar-refractivity contribution is 6.27. The largest absolute Gasteiger partial charge is 0.491 e. The van der Waals surface area contributed by atoms with Crippen molar-refractivity contribution < 1.29 is 23.1 Å². The van der Waals surface area contributed by atoms with Crippen LogP contribution in [0.15, 0.2) is 131 Å². The SMILES string of the molecule is CCC(=O)Nc1ccc(C2=NC(O)=C3N=C(Cc4ccccc4)C(c4ccccc4)=CN3c3c2cccc3C(F)(F)F)cc1. The number of hydrogen-bond donors (Lipinski definition) is 2. The van der Waals surface area contributed by atoms with Crippen LogP contribution in [-0.2, 0) is 17.4 Å². The van der Waals surface area contributed by atoms with Gasteiger partial charge < -0.3 is 10.4 Å². The third kappa shape index (κ3) is 5.64. The fraction of sp³-hybridized carbons (Fsp3) is 0.114. The van der Waals surface area contributed by atoms with Crippen LogP contribution in [0, 0.1) is 0 Å². The normalized spacial score (nSPS) is 14.5. The van der Waals surface area contributed by atoms with Gasteiger partial charge in [0.2, 0.25) is 11.7 Å². The van der Waals surface area contributed by atoms with Crippen LogP contribution < -0.4 is 10.2 Å². The molecule has 0 saturated carbocycles. The molecule has 0 aliphatic carbocycles. The maximum atomic E-state index is 14.6. The maximum absolute atomic E-state index is 14.6. The molecule has 44 heavy (non-hydrogen) atoms. The van der Waals surface area contributed by atoms with Crippen LogP contribution in [0.2, 0.25) is 0 Å². The van der Waals surface area contributed by atoms with Crippen molar-refractivity contribution in [3.05, 3.63) is 149 Å². The highest BCUT2D eigenvalue weighted by Gasteiger charge is 2.40. The van der Waals surface area contributed by atoms with E-state index < -0.39 is 17.6 Å². The number of benzene rings is 4. The molecule has 4 aromatic carbocycles. The van der Waals surface area contributed by atoms with Crippen LogP contribution in [-0.4, -0.2) is 22.4 Å². The van der Waals surface area contributed by atoms with Crippen LogP contribution in [0.5, 0.6) is 0 Å². The average molecular weight is 593 g/mol. The second-order valence-corrected chi connectivity index (χ2v) is 10.3. The van der Waals surface area contributed by atoms with Gasteiger partial charge in [0.15, 0.2) is 0 Å². The molecule has 0 saturated heterocycles. The number of hydrogen-bond acceptors (Lipinski definition) is 5. The zero-order valence-corrected chi connectivity index (χ0v) is 23.6. The zero-order chi connectivity index (χ0) is 30.8. The Morgan fingerprint density at radius 1 is 0.841 bits per heavy atom. The van der Waals surface area contributed by atoms with E-state index in [0.717, 1.165) is 17.2 Å². The van der Waals surface area contributed by atoms with Crippen LogP contribution in [0.25, 0.3) is 5.57 Å². The molecule has 1 amide bonds. The highest BCUT2D eigenvalue weighted by atomic mass is 19.4. The van der Waals surface area contributed by atoms with Gasteiger partial charge in [-0.25, -0.2) is 9.98 Å². The molecule has 6 rings (SSSR count). The third-order valence-electron chi connectivity index (χ3n) is 7.36. The minimum Gasteiger partial charge on any atom is -0.491 e. The van der Waals surface area contributed by atoms with Crippen LogP contribution in [0.3, 0.4) is 0 Å². The number of aliphatic hydroxyl groups is 1. The smallest absolute Gasteiger partial charge is 0.418 e. The van der Waals surface area contributed by atoms with Crippen LogP contribution in [0.4, 0.5) is 24.5 Å². The van der Waals surface area contributed by atoms with Crippen molar-refractivity contribution in [3.63, 3.8) is 0 Å². The third-order valence-corrected chi connectivity index (χ3v) is 7.36. The van der Waals surface area contributed by atoms with E-state index in [9.17, 15) is 23.1 Å². The molecule has 6 nitrogen and oxygen atoms in total. The Kier molecular flexibility index (Phi) is 7.61. The summed E-state index contributed by atoms with van der Waals surface area (Å²) in [7, 11) is 0. The number of rotatable bonds is 6. The molecule has 9 heteroatoms. The molecule has 220 valence electrons. The van der Waals surface area contributed by atoms with Gasteiger partial charge in [-0.15, -0.1) is 0 Å². The number of aliphatic hydroxyl groups excluding tert-OH is 1. The van der Waals surface area contributed by atoms with Gasteiger partial charge in [0.1, 0.15) is 0 Å². The van der Waals surface area contributed by atoms with E-state index in [0.29, 0.717) is 35.4 Å². The van der Waals surface area contributed by atoms with E-state index in [1.54, 1.807) is 43.5 Å². The van der Waals surface area contributed by atoms with Crippen molar-refractivity contribution in [1.29, 1.82) is 0 Å². The Morgan fingerprint density at radius 3 is 2.18 bits per heavy atom. The number of para-hydroxylation sites is 1. The maximum Gasteiger partial charge on any atom is 0.418 e. The minimum atomic E-state index is -4.72. The van der Waals surface area contributed by atoms with Crippen LogP contribution >= 0.6 is 0 Å². The number of nitrogens with one attached hydrogen (secondary N) is 1. The fourth-order valence-corrected chi connectivity index (χ4v) is 5.24. The number of halogens is 3. The Bertz CT molecular complexity index is 1840. The first-order valence-electron chi connectivity index (χ1n) is 14.0. The van der Waals surface area contributed by atoms with Gasteiger partial charge >= 0.3 is 6.18 Å². The molecule has 0 aromatic heterocycles. The Labute approximate surface area is 252 Å². The molecular formula is C35H27F3N4O2. The molecule has 2 N–H and O–H groups in total. The standard InChI is InChI=1S/C35H27F3N4O2/c1-2-30(43)39-25-18-16-24(17-19-25)31-26-14-9-15-28(35(36,37)38)32(26)42-21-27(23-12-7-4-8-13-23)29(40-33(42)34(44)41-31)20-22-10-5-3-6-11-22/h3-19,21,44H,2,20H2,1H3,(H,39,43). The summed E-state index contributed by atoms with van der Waals surface area (Å²) >= 11 is 0. The van der Waals surface area contributed by atoms with Crippen molar-refractivity contribution >= 4 is 34.3 Å². The predicted octanol–water partition coefficient (Wildman–Crippen LogP) is 8.13. The molecule has 0 radical (unpaired) electrons. The van der Waals surface area contributed by atoms with Gasteiger partial charge in [0, 0.05) is 41.4 Å². The number of carbonyl (C=O) groups excluding carboxylic acids is 1. The number of anilines is 2. The number of fused-ring (bicyclic) bond motifs is 3. The number of carbonyl (C=O) groups is 1. The average Bonchev–Trinajstić information content (AvgIpc) is 3.15. The van der Waals surface area contributed by atoms with E-state index in [4.69, 9.17) is 4.99 Å². The number of alkyl halides is 3. The van der Waals surface area contributed by atoms with Crippen molar-refractivity contribution in [1.82, 2.24) is 0 Å². The number of allylic oxidation sites excluding steroid dienone is 1.